The predicted molar refractivity (Wildman–Crippen MR) is 105 cm³/mol. The van der Waals surface area contributed by atoms with Crippen LogP contribution in [-0.4, -0.2) is 53.3 Å². The number of benzene rings is 1. The second kappa shape index (κ2) is 8.33. The maximum atomic E-state index is 12.8. The summed E-state index contributed by atoms with van der Waals surface area (Å²) in [6, 6.07) is 13.9. The van der Waals surface area contributed by atoms with Crippen molar-refractivity contribution in [1.82, 2.24) is 19.6 Å². The summed E-state index contributed by atoms with van der Waals surface area (Å²) in [5.74, 6) is -0.662. The third-order valence-electron chi connectivity index (χ3n) is 4.06. The number of carbonyl (C=O) groups excluding carboxylic acids is 2. The third kappa shape index (κ3) is 4.16. The summed E-state index contributed by atoms with van der Waals surface area (Å²) in [5, 5.41) is 14.5. The standard InChI is InChI=1S/C20H20N6O2/c1-25(2)11-9-22-20(28)18-24-17(16-8-3-4-10-26(16)18)19(27)23-15-7-5-6-14(12-15)13-21/h3-8,10,12H,9,11H2,1-2H3,(H,22,28)(H,23,27). The van der Waals surface area contributed by atoms with E-state index in [4.69, 9.17) is 5.26 Å². The summed E-state index contributed by atoms with van der Waals surface area (Å²) in [7, 11) is 3.83. The number of anilines is 1. The number of imidazole rings is 1. The average Bonchev–Trinajstić information content (AvgIpc) is 3.08. The molecule has 0 aliphatic heterocycles. The van der Waals surface area contributed by atoms with Crippen LogP contribution in [0.5, 0.6) is 0 Å². The molecule has 2 amide bonds. The van der Waals surface area contributed by atoms with Crippen LogP contribution in [0.25, 0.3) is 5.52 Å². The molecule has 0 bridgehead atoms. The Hall–Kier alpha value is -3.70. The van der Waals surface area contributed by atoms with E-state index in [2.05, 4.69) is 15.6 Å². The number of nitrogens with zero attached hydrogens (tertiary/aromatic N) is 4. The van der Waals surface area contributed by atoms with Gasteiger partial charge in [-0.15, -0.1) is 0 Å². The molecular weight excluding hydrogens is 356 g/mol. The Balaban J connectivity index is 1.88. The Labute approximate surface area is 162 Å². The lowest BCUT2D eigenvalue weighted by Crippen LogP contribution is -2.32. The number of hydrogen-bond donors (Lipinski definition) is 2. The van der Waals surface area contributed by atoms with Crippen LogP contribution in [0.1, 0.15) is 26.7 Å². The van der Waals surface area contributed by atoms with Gasteiger partial charge in [-0.3, -0.25) is 14.0 Å². The Kier molecular flexibility index (Phi) is 5.67. The minimum absolute atomic E-state index is 0.140. The molecule has 0 aliphatic carbocycles. The number of aromatic nitrogens is 2. The number of fused-ring (bicyclic) bond motifs is 1. The number of likely N-dealkylation sites (N-methyl/N-ethyl adjacent to an activating group) is 1. The highest BCUT2D eigenvalue weighted by atomic mass is 16.2. The lowest BCUT2D eigenvalue weighted by Gasteiger charge is -2.09. The van der Waals surface area contributed by atoms with E-state index in [1.807, 2.05) is 25.1 Å². The van der Waals surface area contributed by atoms with Crippen molar-refractivity contribution in [2.45, 2.75) is 0 Å². The summed E-state index contributed by atoms with van der Waals surface area (Å²) in [6.07, 6.45) is 1.69. The first-order chi connectivity index (χ1) is 13.5. The second-order valence-electron chi connectivity index (χ2n) is 6.45. The first-order valence-corrected chi connectivity index (χ1v) is 8.71. The van der Waals surface area contributed by atoms with Gasteiger partial charge in [0.25, 0.3) is 11.8 Å². The van der Waals surface area contributed by atoms with E-state index in [-0.39, 0.29) is 17.4 Å². The van der Waals surface area contributed by atoms with Gasteiger partial charge in [0.15, 0.2) is 5.69 Å². The molecule has 0 atom stereocenters. The summed E-state index contributed by atoms with van der Waals surface area (Å²) >= 11 is 0. The largest absolute Gasteiger partial charge is 0.348 e. The number of rotatable bonds is 6. The highest BCUT2D eigenvalue weighted by molar-refractivity contribution is 6.09. The fourth-order valence-corrected chi connectivity index (χ4v) is 2.69. The first-order valence-electron chi connectivity index (χ1n) is 8.71. The number of nitrogens with one attached hydrogen (secondary N) is 2. The van der Waals surface area contributed by atoms with E-state index in [0.29, 0.717) is 29.9 Å². The number of amides is 2. The van der Waals surface area contributed by atoms with Crippen LogP contribution in [0.2, 0.25) is 0 Å². The second-order valence-corrected chi connectivity index (χ2v) is 6.45. The van der Waals surface area contributed by atoms with E-state index < -0.39 is 5.91 Å². The van der Waals surface area contributed by atoms with Crippen molar-refractivity contribution in [3.05, 3.63) is 65.7 Å². The van der Waals surface area contributed by atoms with Crippen LogP contribution in [-0.2, 0) is 0 Å². The molecule has 0 aliphatic rings. The molecule has 2 aromatic heterocycles. The molecule has 0 saturated heterocycles. The molecule has 3 aromatic rings. The monoisotopic (exact) mass is 376 g/mol. The fourth-order valence-electron chi connectivity index (χ4n) is 2.69. The summed E-state index contributed by atoms with van der Waals surface area (Å²) in [6.45, 7) is 1.16. The molecule has 0 spiro atoms. The van der Waals surface area contributed by atoms with Crippen LogP contribution in [0.4, 0.5) is 5.69 Å². The van der Waals surface area contributed by atoms with Crippen molar-refractivity contribution in [2.75, 3.05) is 32.5 Å². The van der Waals surface area contributed by atoms with Gasteiger partial charge >= 0.3 is 0 Å². The number of hydrogen-bond acceptors (Lipinski definition) is 5. The number of pyridine rings is 1. The molecule has 0 saturated carbocycles. The molecule has 3 rings (SSSR count). The third-order valence-corrected chi connectivity index (χ3v) is 4.06. The summed E-state index contributed by atoms with van der Waals surface area (Å²) in [5.41, 5.74) is 1.58. The van der Waals surface area contributed by atoms with Crippen LogP contribution < -0.4 is 10.6 Å². The van der Waals surface area contributed by atoms with Crippen LogP contribution >= 0.6 is 0 Å². The van der Waals surface area contributed by atoms with E-state index in [9.17, 15) is 9.59 Å². The zero-order chi connectivity index (χ0) is 20.1. The highest BCUT2D eigenvalue weighted by Crippen LogP contribution is 2.16. The average molecular weight is 376 g/mol. The molecule has 0 radical (unpaired) electrons. The predicted octanol–water partition coefficient (Wildman–Crippen LogP) is 1.75. The molecule has 0 unspecified atom stereocenters. The molecule has 8 heteroatoms. The van der Waals surface area contributed by atoms with E-state index in [1.165, 1.54) is 0 Å². The maximum absolute atomic E-state index is 12.8. The van der Waals surface area contributed by atoms with E-state index >= 15 is 0 Å². The summed E-state index contributed by atoms with van der Waals surface area (Å²) < 4.78 is 1.59. The van der Waals surface area contributed by atoms with Gasteiger partial charge in [0.05, 0.1) is 17.1 Å². The Morgan fingerprint density at radius 3 is 2.75 bits per heavy atom. The number of nitriles is 1. The summed E-state index contributed by atoms with van der Waals surface area (Å²) in [4.78, 5) is 31.5. The van der Waals surface area contributed by atoms with Gasteiger partial charge in [-0.1, -0.05) is 12.1 Å². The minimum Gasteiger partial charge on any atom is -0.348 e. The SMILES string of the molecule is CN(C)CCNC(=O)c1nc(C(=O)Nc2cccc(C#N)c2)c2ccccn12. The molecule has 142 valence electrons. The van der Waals surface area contributed by atoms with Crippen LogP contribution in [0, 0.1) is 11.3 Å². The Bertz CT molecular complexity index is 1060. The van der Waals surface area contributed by atoms with E-state index in [1.54, 1.807) is 53.1 Å². The van der Waals surface area contributed by atoms with Crippen molar-refractivity contribution < 1.29 is 9.59 Å². The van der Waals surface area contributed by atoms with Crippen molar-refractivity contribution >= 4 is 23.0 Å². The van der Waals surface area contributed by atoms with Gasteiger partial charge in [0, 0.05) is 25.0 Å². The molecule has 0 fully saturated rings. The minimum atomic E-state index is -0.453. The van der Waals surface area contributed by atoms with Gasteiger partial charge in [0.1, 0.15) is 0 Å². The molecule has 1 aromatic carbocycles. The smallest absolute Gasteiger partial charge is 0.287 e. The Morgan fingerprint density at radius 1 is 1.18 bits per heavy atom. The van der Waals surface area contributed by atoms with Crippen LogP contribution in [0.3, 0.4) is 0 Å². The van der Waals surface area contributed by atoms with Crippen molar-refractivity contribution in [2.24, 2.45) is 0 Å². The lowest BCUT2D eigenvalue weighted by atomic mass is 10.2. The maximum Gasteiger partial charge on any atom is 0.287 e. The van der Waals surface area contributed by atoms with Crippen molar-refractivity contribution in [3.63, 3.8) is 0 Å². The van der Waals surface area contributed by atoms with Crippen molar-refractivity contribution in [1.29, 1.82) is 5.26 Å². The Morgan fingerprint density at radius 2 is 2.00 bits per heavy atom. The molecular formula is C20H20N6O2. The quantitative estimate of drug-likeness (QED) is 0.682. The van der Waals surface area contributed by atoms with Gasteiger partial charge in [-0.2, -0.15) is 5.26 Å². The normalized spacial score (nSPS) is 10.6. The molecule has 2 N–H and O–H groups in total. The zero-order valence-electron chi connectivity index (χ0n) is 15.6. The fraction of sp³-hybridized carbons (Fsp3) is 0.200. The van der Waals surface area contributed by atoms with Gasteiger partial charge < -0.3 is 15.5 Å². The molecule has 8 nitrogen and oxygen atoms in total. The molecule has 28 heavy (non-hydrogen) atoms. The zero-order valence-corrected chi connectivity index (χ0v) is 15.6. The number of carbonyl (C=O) groups is 2. The topological polar surface area (TPSA) is 103 Å². The lowest BCUT2D eigenvalue weighted by molar-refractivity contribution is 0.0940. The highest BCUT2D eigenvalue weighted by Gasteiger charge is 2.21. The van der Waals surface area contributed by atoms with Gasteiger partial charge in [0.2, 0.25) is 5.82 Å². The van der Waals surface area contributed by atoms with Gasteiger partial charge in [-0.25, -0.2) is 4.98 Å². The van der Waals surface area contributed by atoms with Crippen LogP contribution in [0.15, 0.2) is 48.7 Å². The van der Waals surface area contributed by atoms with Gasteiger partial charge in [-0.05, 0) is 44.4 Å². The van der Waals surface area contributed by atoms with E-state index in [0.717, 1.165) is 0 Å². The first kappa shape index (κ1) is 19.1. The van der Waals surface area contributed by atoms with Crippen molar-refractivity contribution in [3.8, 4) is 6.07 Å². The molecule has 2 heterocycles.